The van der Waals surface area contributed by atoms with E-state index in [0.29, 0.717) is 0 Å². The van der Waals surface area contributed by atoms with Crippen molar-refractivity contribution >= 4 is 29.2 Å². The van der Waals surface area contributed by atoms with Gasteiger partial charge in [0.1, 0.15) is 17.3 Å². The number of hydrazone groups is 1. The molecule has 0 aromatic heterocycles. The van der Waals surface area contributed by atoms with E-state index in [0.717, 1.165) is 26.1 Å². The van der Waals surface area contributed by atoms with Gasteiger partial charge in [-0.1, -0.05) is 30.3 Å². The third-order valence-electron chi connectivity index (χ3n) is 4.32. The van der Waals surface area contributed by atoms with E-state index in [1.165, 1.54) is 23.9 Å². The molecular weight excluding hydrogens is 368 g/mol. The van der Waals surface area contributed by atoms with E-state index in [-0.39, 0.29) is 22.4 Å². The zero-order valence-electron chi connectivity index (χ0n) is 14.7. The largest absolute Gasteiger partial charge is 0.376 e. The van der Waals surface area contributed by atoms with E-state index < -0.39 is 11.6 Å². The molecule has 0 spiro atoms. The summed E-state index contributed by atoms with van der Waals surface area (Å²) in [6.07, 6.45) is 2.08. The molecule has 3 rings (SSSR count). The Morgan fingerprint density at radius 3 is 2.63 bits per heavy atom. The van der Waals surface area contributed by atoms with Gasteiger partial charge in [0.15, 0.2) is 5.11 Å². The lowest BCUT2D eigenvalue weighted by Gasteiger charge is -2.18. The Labute approximate surface area is 162 Å². The van der Waals surface area contributed by atoms with E-state index >= 15 is 0 Å². The molecule has 1 fully saturated rings. The summed E-state index contributed by atoms with van der Waals surface area (Å²) in [5.41, 5.74) is 8.97. The molecule has 0 unspecified atom stereocenters. The number of nitrogens with zero attached hydrogens (tertiary/aromatic N) is 2. The van der Waals surface area contributed by atoms with Gasteiger partial charge in [-0.05, 0) is 36.3 Å². The summed E-state index contributed by atoms with van der Waals surface area (Å²) in [5, 5.41) is 6.69. The van der Waals surface area contributed by atoms with E-state index in [9.17, 15) is 8.78 Å². The van der Waals surface area contributed by atoms with Crippen LogP contribution in [0.5, 0.6) is 0 Å². The highest BCUT2D eigenvalue weighted by atomic mass is 32.1. The maximum Gasteiger partial charge on any atom is 0.184 e. The standard InChI is InChI=1S/C19H21F2N5S/c20-16-8-14(10-23-25-19(22)27)9-17(21)18(16)24-15-6-7-26(12-15)11-13-4-2-1-3-5-13/h1-5,8-10,15,24H,6-7,11-12H2,(H3,22,25,27)/b23-10+/t15-/m0/s1. The lowest BCUT2D eigenvalue weighted by Crippen LogP contribution is -2.26. The monoisotopic (exact) mass is 389 g/mol. The fourth-order valence-electron chi connectivity index (χ4n) is 3.12. The van der Waals surface area contributed by atoms with Crippen LogP contribution in [-0.4, -0.2) is 35.4 Å². The molecule has 8 heteroatoms. The highest BCUT2D eigenvalue weighted by Crippen LogP contribution is 2.24. The Balaban J connectivity index is 1.60. The van der Waals surface area contributed by atoms with Gasteiger partial charge in [0.05, 0.1) is 6.21 Å². The summed E-state index contributed by atoms with van der Waals surface area (Å²) in [5.74, 6) is -1.32. The summed E-state index contributed by atoms with van der Waals surface area (Å²) in [4.78, 5) is 2.27. The molecule has 1 aliphatic heterocycles. The second-order valence-electron chi connectivity index (χ2n) is 6.44. The Morgan fingerprint density at radius 1 is 1.26 bits per heavy atom. The van der Waals surface area contributed by atoms with Gasteiger partial charge >= 0.3 is 0 Å². The van der Waals surface area contributed by atoms with E-state index in [1.54, 1.807) is 0 Å². The molecular formula is C19H21F2N5S. The molecule has 5 nitrogen and oxygen atoms in total. The van der Waals surface area contributed by atoms with Crippen molar-refractivity contribution in [1.29, 1.82) is 0 Å². The molecule has 1 heterocycles. The highest BCUT2D eigenvalue weighted by molar-refractivity contribution is 7.80. The molecule has 0 aliphatic carbocycles. The molecule has 2 aromatic rings. The smallest absolute Gasteiger partial charge is 0.184 e. The van der Waals surface area contributed by atoms with Gasteiger partial charge in [-0.15, -0.1) is 0 Å². The number of benzene rings is 2. The van der Waals surface area contributed by atoms with Gasteiger partial charge in [-0.2, -0.15) is 5.10 Å². The molecule has 142 valence electrons. The van der Waals surface area contributed by atoms with Gasteiger partial charge < -0.3 is 11.1 Å². The number of hydrogen-bond donors (Lipinski definition) is 3. The lowest BCUT2D eigenvalue weighted by molar-refractivity contribution is 0.328. The Hall–Kier alpha value is -2.58. The average molecular weight is 389 g/mol. The minimum Gasteiger partial charge on any atom is -0.376 e. The van der Waals surface area contributed by atoms with Gasteiger partial charge in [0, 0.05) is 31.2 Å². The SMILES string of the molecule is NC(=S)N/N=C/c1cc(F)c(N[C@H]2CCN(Cc3ccccc3)C2)c(F)c1. The molecule has 0 amide bonds. The van der Waals surface area contributed by atoms with Crippen LogP contribution in [0.4, 0.5) is 14.5 Å². The van der Waals surface area contributed by atoms with Gasteiger partial charge in [-0.3, -0.25) is 10.3 Å². The fourth-order valence-corrected chi connectivity index (χ4v) is 3.17. The van der Waals surface area contributed by atoms with Crippen molar-refractivity contribution in [3.63, 3.8) is 0 Å². The maximum absolute atomic E-state index is 14.3. The van der Waals surface area contributed by atoms with Gasteiger partial charge in [0.2, 0.25) is 0 Å². The normalized spacial score (nSPS) is 17.3. The molecule has 0 radical (unpaired) electrons. The van der Waals surface area contributed by atoms with E-state index in [1.807, 2.05) is 18.2 Å². The van der Waals surface area contributed by atoms with Crippen LogP contribution in [-0.2, 0) is 6.54 Å². The Bertz CT molecular complexity index is 805. The molecule has 1 aliphatic rings. The topological polar surface area (TPSA) is 65.7 Å². The minimum atomic E-state index is -0.659. The summed E-state index contributed by atoms with van der Waals surface area (Å²) in [7, 11) is 0. The summed E-state index contributed by atoms with van der Waals surface area (Å²) in [6, 6.07) is 12.6. The molecule has 1 saturated heterocycles. The molecule has 1 atom stereocenters. The molecule has 2 aromatic carbocycles. The second-order valence-corrected chi connectivity index (χ2v) is 6.88. The fraction of sp³-hybridized carbons (Fsp3) is 0.263. The van der Waals surface area contributed by atoms with Crippen LogP contribution in [0.15, 0.2) is 47.6 Å². The van der Waals surface area contributed by atoms with Crippen LogP contribution in [0.25, 0.3) is 0 Å². The third-order valence-corrected chi connectivity index (χ3v) is 4.41. The maximum atomic E-state index is 14.3. The quantitative estimate of drug-likeness (QED) is 0.403. The van der Waals surface area contributed by atoms with Crippen LogP contribution >= 0.6 is 12.2 Å². The van der Waals surface area contributed by atoms with Crippen LogP contribution in [0.2, 0.25) is 0 Å². The first kappa shape index (κ1) is 19.2. The number of nitrogens with two attached hydrogens (primary N) is 1. The number of likely N-dealkylation sites (tertiary alicyclic amines) is 1. The van der Waals surface area contributed by atoms with Crippen molar-refractivity contribution in [3.05, 3.63) is 65.2 Å². The molecule has 0 saturated carbocycles. The first-order valence-electron chi connectivity index (χ1n) is 8.61. The summed E-state index contributed by atoms with van der Waals surface area (Å²) < 4.78 is 28.7. The van der Waals surface area contributed by atoms with Crippen molar-refractivity contribution in [2.75, 3.05) is 18.4 Å². The number of thiocarbonyl (C=S) groups is 1. The molecule has 4 N–H and O–H groups in total. The number of halogens is 2. The Kier molecular flexibility index (Phi) is 6.31. The summed E-state index contributed by atoms with van der Waals surface area (Å²) in [6.45, 7) is 2.44. The van der Waals surface area contributed by atoms with Crippen molar-refractivity contribution in [1.82, 2.24) is 10.3 Å². The minimum absolute atomic E-state index is 0.00601. The predicted octanol–water partition coefficient (Wildman–Crippen LogP) is 2.82. The molecule has 0 bridgehead atoms. The highest BCUT2D eigenvalue weighted by Gasteiger charge is 2.24. The van der Waals surface area contributed by atoms with Crippen LogP contribution in [0.1, 0.15) is 17.5 Å². The van der Waals surface area contributed by atoms with E-state index in [2.05, 4.69) is 45.1 Å². The lowest BCUT2D eigenvalue weighted by atomic mass is 10.1. The van der Waals surface area contributed by atoms with Crippen molar-refractivity contribution in [2.24, 2.45) is 10.8 Å². The first-order chi connectivity index (χ1) is 13.0. The Morgan fingerprint density at radius 2 is 1.96 bits per heavy atom. The van der Waals surface area contributed by atoms with Crippen LogP contribution < -0.4 is 16.5 Å². The van der Waals surface area contributed by atoms with Crippen LogP contribution in [0, 0.1) is 11.6 Å². The second kappa shape index (κ2) is 8.88. The zero-order chi connectivity index (χ0) is 19.2. The van der Waals surface area contributed by atoms with Crippen molar-refractivity contribution < 1.29 is 8.78 Å². The summed E-state index contributed by atoms with van der Waals surface area (Å²) >= 11 is 4.60. The predicted molar refractivity (Wildman–Crippen MR) is 108 cm³/mol. The number of rotatable bonds is 6. The number of anilines is 1. The zero-order valence-corrected chi connectivity index (χ0v) is 15.5. The van der Waals surface area contributed by atoms with Crippen molar-refractivity contribution in [3.8, 4) is 0 Å². The van der Waals surface area contributed by atoms with E-state index in [4.69, 9.17) is 5.73 Å². The van der Waals surface area contributed by atoms with Crippen LogP contribution in [0.3, 0.4) is 0 Å². The average Bonchev–Trinajstić information content (AvgIpc) is 3.06. The van der Waals surface area contributed by atoms with Gasteiger partial charge in [-0.25, -0.2) is 8.78 Å². The third kappa shape index (κ3) is 5.45. The number of hydrogen-bond acceptors (Lipinski definition) is 4. The molecule has 27 heavy (non-hydrogen) atoms. The first-order valence-corrected chi connectivity index (χ1v) is 9.02. The van der Waals surface area contributed by atoms with Gasteiger partial charge in [0.25, 0.3) is 0 Å². The number of nitrogens with one attached hydrogen (secondary N) is 2. The van der Waals surface area contributed by atoms with Crippen molar-refractivity contribution in [2.45, 2.75) is 19.0 Å².